The van der Waals surface area contributed by atoms with Crippen LogP contribution in [0.1, 0.15) is 23.6 Å². The highest BCUT2D eigenvalue weighted by Crippen LogP contribution is 2.17. The molecular weight excluding hydrogens is 394 g/mol. The summed E-state index contributed by atoms with van der Waals surface area (Å²) in [4.78, 5) is 20.6. The van der Waals surface area contributed by atoms with E-state index in [0.29, 0.717) is 6.61 Å². The van der Waals surface area contributed by atoms with Gasteiger partial charge in [-0.05, 0) is 35.4 Å². The van der Waals surface area contributed by atoms with Gasteiger partial charge in [0.25, 0.3) is 0 Å². The Hall–Kier alpha value is -3.64. The molecule has 0 spiro atoms. The van der Waals surface area contributed by atoms with E-state index in [2.05, 4.69) is 72.5 Å². The molecule has 0 atom stereocenters. The molecule has 0 heterocycles. The number of aliphatic carboxylic acids is 2. The first-order chi connectivity index (χ1) is 15.0. The predicted octanol–water partition coefficient (Wildman–Crippen LogP) is 4.44. The van der Waals surface area contributed by atoms with Crippen molar-refractivity contribution in [3.63, 3.8) is 0 Å². The minimum atomic E-state index is -1.82. The van der Waals surface area contributed by atoms with Crippen molar-refractivity contribution in [3.05, 3.63) is 102 Å². The van der Waals surface area contributed by atoms with E-state index >= 15 is 0 Å². The third-order valence-electron chi connectivity index (χ3n) is 4.43. The molecule has 0 aliphatic heterocycles. The molecule has 0 bridgehead atoms. The van der Waals surface area contributed by atoms with Crippen LogP contribution < -0.4 is 4.74 Å². The molecule has 0 fully saturated rings. The summed E-state index contributed by atoms with van der Waals surface area (Å²) in [7, 11) is 0. The van der Waals surface area contributed by atoms with Gasteiger partial charge in [-0.25, -0.2) is 9.59 Å². The maximum absolute atomic E-state index is 9.10. The van der Waals surface area contributed by atoms with Crippen LogP contribution in [0.3, 0.4) is 0 Å². The maximum Gasteiger partial charge on any atom is 0.414 e. The molecule has 0 aromatic heterocycles. The van der Waals surface area contributed by atoms with Crippen LogP contribution in [-0.4, -0.2) is 33.6 Å². The van der Waals surface area contributed by atoms with Gasteiger partial charge in [0.05, 0.1) is 0 Å². The standard InChI is InChI=1S/C23H25NO.C2H2O4/c1-2-24(17-20-10-5-3-6-11-20)18-22-14-9-15-23(16-22)25-19-21-12-7-4-8-13-21;3-1(4)2(5)6/h3-16H,2,17-19H2,1H3;(H,3,4)(H,5,6). The minimum absolute atomic E-state index is 0.603. The molecule has 0 saturated carbocycles. The number of carbonyl (C=O) groups is 2. The molecular formula is C25H27NO5. The number of carboxylic acid groups (broad SMARTS) is 2. The van der Waals surface area contributed by atoms with E-state index in [4.69, 9.17) is 24.5 Å². The van der Waals surface area contributed by atoms with Crippen LogP contribution >= 0.6 is 0 Å². The normalized spacial score (nSPS) is 10.1. The lowest BCUT2D eigenvalue weighted by molar-refractivity contribution is -0.159. The minimum Gasteiger partial charge on any atom is -0.489 e. The van der Waals surface area contributed by atoms with Crippen LogP contribution in [-0.2, 0) is 29.3 Å². The summed E-state index contributed by atoms with van der Waals surface area (Å²) in [5.41, 5.74) is 3.82. The fourth-order valence-corrected chi connectivity index (χ4v) is 2.85. The molecule has 0 amide bonds. The second-order valence-corrected chi connectivity index (χ2v) is 6.82. The van der Waals surface area contributed by atoms with Gasteiger partial charge in [-0.15, -0.1) is 0 Å². The number of rotatable bonds is 8. The lowest BCUT2D eigenvalue weighted by atomic mass is 10.1. The molecule has 0 aliphatic carbocycles. The van der Waals surface area contributed by atoms with Crippen LogP contribution in [0.4, 0.5) is 0 Å². The topological polar surface area (TPSA) is 87.1 Å². The number of carboxylic acids is 2. The zero-order valence-corrected chi connectivity index (χ0v) is 17.5. The van der Waals surface area contributed by atoms with Crippen LogP contribution in [0.15, 0.2) is 84.9 Å². The molecule has 31 heavy (non-hydrogen) atoms. The van der Waals surface area contributed by atoms with Gasteiger partial charge in [0, 0.05) is 13.1 Å². The van der Waals surface area contributed by atoms with E-state index in [1.54, 1.807) is 0 Å². The third-order valence-corrected chi connectivity index (χ3v) is 4.43. The lowest BCUT2D eigenvalue weighted by Crippen LogP contribution is -2.22. The molecule has 3 aromatic carbocycles. The van der Waals surface area contributed by atoms with Crippen molar-refractivity contribution in [1.82, 2.24) is 4.90 Å². The van der Waals surface area contributed by atoms with Crippen LogP contribution in [0.2, 0.25) is 0 Å². The largest absolute Gasteiger partial charge is 0.489 e. The van der Waals surface area contributed by atoms with E-state index in [0.717, 1.165) is 25.4 Å². The molecule has 6 nitrogen and oxygen atoms in total. The second-order valence-electron chi connectivity index (χ2n) is 6.82. The predicted molar refractivity (Wildman–Crippen MR) is 119 cm³/mol. The third kappa shape index (κ3) is 9.14. The van der Waals surface area contributed by atoms with Gasteiger partial charge in [0.2, 0.25) is 0 Å². The molecule has 6 heteroatoms. The first kappa shape index (κ1) is 23.6. The average molecular weight is 421 g/mol. The highest BCUT2D eigenvalue weighted by molar-refractivity contribution is 6.27. The van der Waals surface area contributed by atoms with Crippen molar-refractivity contribution in [3.8, 4) is 5.75 Å². The Balaban J connectivity index is 0.000000501. The Kier molecular flexibility index (Phi) is 9.78. The zero-order chi connectivity index (χ0) is 22.5. The number of benzene rings is 3. The molecule has 2 N–H and O–H groups in total. The summed E-state index contributed by atoms with van der Waals surface area (Å²) in [6.45, 7) is 5.72. The van der Waals surface area contributed by atoms with E-state index in [1.807, 2.05) is 24.3 Å². The SMILES string of the molecule is CCN(Cc1ccccc1)Cc1cccc(OCc2ccccc2)c1.O=C(O)C(=O)O. The Bertz CT molecular complexity index is 932. The van der Waals surface area contributed by atoms with Gasteiger partial charge < -0.3 is 14.9 Å². The molecule has 162 valence electrons. The van der Waals surface area contributed by atoms with Crippen molar-refractivity contribution in [2.75, 3.05) is 6.54 Å². The van der Waals surface area contributed by atoms with Crippen molar-refractivity contribution in [2.24, 2.45) is 0 Å². The monoisotopic (exact) mass is 421 g/mol. The lowest BCUT2D eigenvalue weighted by Gasteiger charge is -2.21. The van der Waals surface area contributed by atoms with Gasteiger partial charge >= 0.3 is 11.9 Å². The van der Waals surface area contributed by atoms with E-state index in [-0.39, 0.29) is 0 Å². The van der Waals surface area contributed by atoms with Crippen molar-refractivity contribution in [2.45, 2.75) is 26.6 Å². The van der Waals surface area contributed by atoms with Crippen LogP contribution in [0.5, 0.6) is 5.75 Å². The summed E-state index contributed by atoms with van der Waals surface area (Å²) in [5, 5.41) is 14.8. The molecule has 3 rings (SSSR count). The molecule has 0 saturated heterocycles. The molecule has 3 aromatic rings. The van der Waals surface area contributed by atoms with Gasteiger partial charge in [-0.3, -0.25) is 4.90 Å². The fraction of sp³-hybridized carbons (Fsp3) is 0.200. The Morgan fingerprint density at radius 3 is 1.81 bits per heavy atom. The van der Waals surface area contributed by atoms with E-state index < -0.39 is 11.9 Å². The smallest absolute Gasteiger partial charge is 0.414 e. The molecule has 0 aliphatic rings. The van der Waals surface area contributed by atoms with Crippen molar-refractivity contribution in [1.29, 1.82) is 0 Å². The van der Waals surface area contributed by atoms with E-state index in [9.17, 15) is 0 Å². The summed E-state index contributed by atoms with van der Waals surface area (Å²) < 4.78 is 5.95. The quantitative estimate of drug-likeness (QED) is 0.523. The zero-order valence-electron chi connectivity index (χ0n) is 17.5. The first-order valence-electron chi connectivity index (χ1n) is 9.96. The summed E-state index contributed by atoms with van der Waals surface area (Å²) >= 11 is 0. The molecule has 0 radical (unpaired) electrons. The second kappa shape index (κ2) is 12.8. The van der Waals surface area contributed by atoms with Crippen molar-refractivity contribution < 1.29 is 24.5 Å². The summed E-state index contributed by atoms with van der Waals surface area (Å²) in [6.07, 6.45) is 0. The van der Waals surface area contributed by atoms with Gasteiger partial charge in [0.15, 0.2) is 0 Å². The molecule has 0 unspecified atom stereocenters. The number of hydrogen-bond acceptors (Lipinski definition) is 4. The highest BCUT2D eigenvalue weighted by Gasteiger charge is 2.06. The Labute approximate surface area is 182 Å². The highest BCUT2D eigenvalue weighted by atomic mass is 16.5. The first-order valence-corrected chi connectivity index (χ1v) is 9.96. The Morgan fingerprint density at radius 1 is 0.742 bits per heavy atom. The number of hydrogen-bond donors (Lipinski definition) is 2. The number of nitrogens with zero attached hydrogens (tertiary/aromatic N) is 1. The van der Waals surface area contributed by atoms with Crippen molar-refractivity contribution >= 4 is 11.9 Å². The van der Waals surface area contributed by atoms with Gasteiger partial charge in [-0.1, -0.05) is 79.7 Å². The maximum atomic E-state index is 9.10. The van der Waals surface area contributed by atoms with Gasteiger partial charge in [-0.2, -0.15) is 0 Å². The van der Waals surface area contributed by atoms with Crippen LogP contribution in [0, 0.1) is 0 Å². The fourth-order valence-electron chi connectivity index (χ4n) is 2.85. The summed E-state index contributed by atoms with van der Waals surface area (Å²) in [6, 6.07) is 29.3. The van der Waals surface area contributed by atoms with Crippen LogP contribution in [0.25, 0.3) is 0 Å². The number of ether oxygens (including phenoxy) is 1. The van der Waals surface area contributed by atoms with Gasteiger partial charge in [0.1, 0.15) is 12.4 Å². The average Bonchev–Trinajstić information content (AvgIpc) is 2.79. The van der Waals surface area contributed by atoms with E-state index in [1.165, 1.54) is 16.7 Å². The summed E-state index contributed by atoms with van der Waals surface area (Å²) in [5.74, 6) is -2.72. The Morgan fingerprint density at radius 2 is 1.26 bits per heavy atom.